The fourth-order valence-corrected chi connectivity index (χ4v) is 1.81. The fraction of sp³-hybridized carbons (Fsp3) is 0.385. The van der Waals surface area contributed by atoms with E-state index >= 15 is 0 Å². The molecule has 2 aromatic rings. The van der Waals surface area contributed by atoms with Crippen LogP contribution in [0.5, 0.6) is 0 Å². The number of aromatic nitrogens is 1. The topological polar surface area (TPSA) is 73.5 Å². The number of methoxy groups -OCH3 is 1. The molecule has 0 spiro atoms. The molecule has 0 saturated carbocycles. The third-order valence-corrected chi connectivity index (χ3v) is 2.92. The van der Waals surface area contributed by atoms with Gasteiger partial charge in [0.15, 0.2) is 5.58 Å². The van der Waals surface area contributed by atoms with Gasteiger partial charge in [0.25, 0.3) is 0 Å². The quantitative estimate of drug-likeness (QED) is 0.638. The number of hydrogen-bond donors (Lipinski definition) is 1. The molecule has 0 amide bonds. The van der Waals surface area contributed by atoms with Crippen molar-refractivity contribution in [3.05, 3.63) is 34.3 Å². The Morgan fingerprint density at radius 1 is 1.47 bits per heavy atom. The predicted molar refractivity (Wildman–Crippen MR) is 69.8 cm³/mol. The van der Waals surface area contributed by atoms with Crippen LogP contribution in [0.1, 0.15) is 12.0 Å². The van der Waals surface area contributed by atoms with E-state index in [1.165, 1.54) is 11.7 Å². The molecule has 1 heterocycles. The van der Waals surface area contributed by atoms with Crippen LogP contribution in [0.15, 0.2) is 27.4 Å². The molecule has 0 fully saturated rings. The van der Waals surface area contributed by atoms with E-state index in [2.05, 4.69) is 10.1 Å². The smallest absolute Gasteiger partial charge is 0.419 e. The van der Waals surface area contributed by atoms with Gasteiger partial charge in [-0.3, -0.25) is 9.36 Å². The number of nitrogens with one attached hydrogen (secondary N) is 1. The lowest BCUT2D eigenvalue weighted by atomic mass is 10.2. The highest BCUT2D eigenvalue weighted by atomic mass is 16.5. The van der Waals surface area contributed by atoms with Crippen molar-refractivity contribution in [3.8, 4) is 0 Å². The Kier molecular flexibility index (Phi) is 4.01. The van der Waals surface area contributed by atoms with Gasteiger partial charge in [-0.1, -0.05) is 6.07 Å². The molecule has 19 heavy (non-hydrogen) atoms. The number of carbonyl (C=O) groups excluding carboxylic acids is 1. The van der Waals surface area contributed by atoms with Crippen LogP contribution >= 0.6 is 0 Å². The minimum Gasteiger partial charge on any atom is -0.469 e. The van der Waals surface area contributed by atoms with Crippen molar-refractivity contribution in [3.63, 3.8) is 0 Å². The van der Waals surface area contributed by atoms with Crippen molar-refractivity contribution < 1.29 is 13.9 Å². The summed E-state index contributed by atoms with van der Waals surface area (Å²) in [5.41, 5.74) is 2.36. The molecule has 2 rings (SSSR count). The van der Waals surface area contributed by atoms with Gasteiger partial charge in [-0.2, -0.15) is 0 Å². The molecule has 0 saturated heterocycles. The van der Waals surface area contributed by atoms with Crippen LogP contribution in [0.25, 0.3) is 11.1 Å². The number of carbonyl (C=O) groups is 1. The lowest BCUT2D eigenvalue weighted by Crippen LogP contribution is -2.18. The highest BCUT2D eigenvalue weighted by Gasteiger charge is 2.06. The lowest BCUT2D eigenvalue weighted by molar-refractivity contribution is -0.140. The van der Waals surface area contributed by atoms with Crippen LogP contribution in [0.3, 0.4) is 0 Å². The van der Waals surface area contributed by atoms with E-state index < -0.39 is 0 Å². The van der Waals surface area contributed by atoms with Gasteiger partial charge >= 0.3 is 11.7 Å². The van der Waals surface area contributed by atoms with E-state index in [9.17, 15) is 9.59 Å². The summed E-state index contributed by atoms with van der Waals surface area (Å²) in [6, 6.07) is 5.55. The van der Waals surface area contributed by atoms with Crippen molar-refractivity contribution in [2.24, 2.45) is 7.05 Å². The molecule has 0 aliphatic heterocycles. The van der Waals surface area contributed by atoms with Gasteiger partial charge < -0.3 is 14.5 Å². The van der Waals surface area contributed by atoms with Gasteiger partial charge in [-0.15, -0.1) is 0 Å². The van der Waals surface area contributed by atoms with E-state index in [0.717, 1.165) is 11.1 Å². The van der Waals surface area contributed by atoms with Gasteiger partial charge in [-0.25, -0.2) is 4.79 Å². The summed E-state index contributed by atoms with van der Waals surface area (Å²) in [4.78, 5) is 22.3. The maximum Gasteiger partial charge on any atom is 0.419 e. The Hall–Kier alpha value is -2.08. The van der Waals surface area contributed by atoms with Crippen LogP contribution in [-0.4, -0.2) is 24.2 Å². The highest BCUT2D eigenvalue weighted by molar-refractivity contribution is 5.73. The minimum absolute atomic E-state index is 0.236. The molecular formula is C13H16N2O4. The number of ether oxygens (including phenoxy) is 1. The van der Waals surface area contributed by atoms with Crippen molar-refractivity contribution >= 4 is 17.1 Å². The standard InChI is InChI=1S/C13H16N2O4/c1-15-10-7-9(3-4-11(10)19-13(15)17)8-14-6-5-12(16)18-2/h3-4,7,14H,5-6,8H2,1-2H3. The maximum absolute atomic E-state index is 11.3. The summed E-state index contributed by atoms with van der Waals surface area (Å²) >= 11 is 0. The molecule has 6 nitrogen and oxygen atoms in total. The number of rotatable bonds is 5. The Labute approximate surface area is 110 Å². The number of esters is 1. The number of benzene rings is 1. The van der Waals surface area contributed by atoms with Gasteiger partial charge in [0.1, 0.15) is 0 Å². The van der Waals surface area contributed by atoms with Crippen molar-refractivity contribution in [1.29, 1.82) is 0 Å². The molecule has 0 radical (unpaired) electrons. The monoisotopic (exact) mass is 264 g/mol. The Balaban J connectivity index is 1.99. The molecule has 6 heteroatoms. The molecule has 1 aromatic heterocycles. The molecule has 0 aliphatic rings. The zero-order chi connectivity index (χ0) is 13.8. The van der Waals surface area contributed by atoms with Crippen LogP contribution in [0.4, 0.5) is 0 Å². The SMILES string of the molecule is COC(=O)CCNCc1ccc2oc(=O)n(C)c2c1. The van der Waals surface area contributed by atoms with E-state index in [-0.39, 0.29) is 11.7 Å². The van der Waals surface area contributed by atoms with E-state index in [1.807, 2.05) is 12.1 Å². The van der Waals surface area contributed by atoms with Crippen LogP contribution in [0.2, 0.25) is 0 Å². The first kappa shape index (κ1) is 13.4. The van der Waals surface area contributed by atoms with Gasteiger partial charge in [0, 0.05) is 20.1 Å². The number of fused-ring (bicyclic) bond motifs is 1. The summed E-state index contributed by atoms with van der Waals surface area (Å²) in [5, 5.41) is 3.14. The first-order valence-electron chi connectivity index (χ1n) is 5.98. The molecule has 1 aromatic carbocycles. The van der Waals surface area contributed by atoms with Gasteiger partial charge in [0.2, 0.25) is 0 Å². The second kappa shape index (κ2) is 5.71. The zero-order valence-electron chi connectivity index (χ0n) is 10.9. The summed E-state index contributed by atoms with van der Waals surface area (Å²) < 4.78 is 11.1. The molecule has 102 valence electrons. The third kappa shape index (κ3) is 3.03. The summed E-state index contributed by atoms with van der Waals surface area (Å²) in [7, 11) is 3.04. The van der Waals surface area contributed by atoms with Crippen molar-refractivity contribution in [1.82, 2.24) is 9.88 Å². The van der Waals surface area contributed by atoms with E-state index in [0.29, 0.717) is 25.1 Å². The first-order chi connectivity index (χ1) is 9.11. The normalized spacial score (nSPS) is 10.8. The molecule has 0 aliphatic carbocycles. The number of aryl methyl sites for hydroxylation is 1. The maximum atomic E-state index is 11.3. The van der Waals surface area contributed by atoms with Gasteiger partial charge in [-0.05, 0) is 17.7 Å². The van der Waals surface area contributed by atoms with Crippen LogP contribution < -0.4 is 11.1 Å². The second-order valence-electron chi connectivity index (χ2n) is 4.23. The molecular weight excluding hydrogens is 248 g/mol. The second-order valence-corrected chi connectivity index (χ2v) is 4.23. The Morgan fingerprint density at radius 3 is 3.00 bits per heavy atom. The largest absolute Gasteiger partial charge is 0.469 e. The zero-order valence-corrected chi connectivity index (χ0v) is 10.9. The first-order valence-corrected chi connectivity index (χ1v) is 5.98. The summed E-state index contributed by atoms with van der Waals surface area (Å²) in [6.07, 6.45) is 0.336. The molecule has 1 N–H and O–H groups in total. The minimum atomic E-state index is -0.370. The molecule has 0 atom stereocenters. The third-order valence-electron chi connectivity index (χ3n) is 2.92. The number of oxazole rings is 1. The number of nitrogens with zero attached hydrogens (tertiary/aromatic N) is 1. The Morgan fingerprint density at radius 2 is 2.26 bits per heavy atom. The van der Waals surface area contributed by atoms with Crippen LogP contribution in [-0.2, 0) is 23.1 Å². The number of hydrogen-bond acceptors (Lipinski definition) is 5. The van der Waals surface area contributed by atoms with E-state index in [1.54, 1.807) is 13.1 Å². The van der Waals surface area contributed by atoms with Crippen molar-refractivity contribution in [2.75, 3.05) is 13.7 Å². The average Bonchev–Trinajstić information content (AvgIpc) is 2.70. The molecule has 0 bridgehead atoms. The fourth-order valence-electron chi connectivity index (χ4n) is 1.81. The lowest BCUT2D eigenvalue weighted by Gasteiger charge is -2.04. The predicted octanol–water partition coefficient (Wildman–Crippen LogP) is 0.784. The van der Waals surface area contributed by atoms with Crippen molar-refractivity contribution in [2.45, 2.75) is 13.0 Å². The summed E-state index contributed by atoms with van der Waals surface area (Å²) in [5.74, 6) is -0.606. The highest BCUT2D eigenvalue weighted by Crippen LogP contribution is 2.13. The summed E-state index contributed by atoms with van der Waals surface area (Å²) in [6.45, 7) is 1.17. The van der Waals surface area contributed by atoms with E-state index in [4.69, 9.17) is 4.42 Å². The van der Waals surface area contributed by atoms with Gasteiger partial charge in [0.05, 0.1) is 19.0 Å². The molecule has 0 unspecified atom stereocenters. The average molecular weight is 264 g/mol. The Bertz CT molecular complexity index is 642. The van der Waals surface area contributed by atoms with Crippen LogP contribution in [0, 0.1) is 0 Å².